The summed E-state index contributed by atoms with van der Waals surface area (Å²) in [5.74, 6) is -4.07. The molecule has 3 aliphatic carbocycles. The predicted molar refractivity (Wildman–Crippen MR) is 143 cm³/mol. The molecule has 0 bridgehead atoms. The zero-order chi connectivity index (χ0) is 27.3. The number of carbonyl (C=O) groups excluding carboxylic acids is 3. The monoisotopic (exact) mass is 507 g/mol. The van der Waals surface area contributed by atoms with E-state index in [1.807, 2.05) is 70.1 Å². The molecule has 1 fully saturated rings. The molecular formula is C29H37N3O5. The molecule has 1 saturated carbocycles. The Balaban J connectivity index is 1.93. The van der Waals surface area contributed by atoms with Crippen LogP contribution in [0.25, 0.3) is 5.76 Å². The topological polar surface area (TPSA) is 124 Å². The Morgan fingerprint density at radius 2 is 1.86 bits per heavy atom. The SMILES string of the molecule is C/C=C\C(CC)c1cc(N(C)C)c2c(c1O)C(O)=C1C(=O)C3C(=O)C(C(N)=O)=C[C@@H](N(C)C)[C@@H]3C[C@@H]1C2. The Morgan fingerprint density at radius 3 is 2.41 bits per heavy atom. The summed E-state index contributed by atoms with van der Waals surface area (Å²) in [7, 11) is 7.52. The number of phenols is 1. The summed E-state index contributed by atoms with van der Waals surface area (Å²) in [6.45, 7) is 3.95. The summed E-state index contributed by atoms with van der Waals surface area (Å²) in [5.41, 5.74) is 8.10. The van der Waals surface area contributed by atoms with Crippen LogP contribution in [0.15, 0.2) is 35.4 Å². The van der Waals surface area contributed by atoms with Gasteiger partial charge < -0.3 is 25.7 Å². The molecule has 0 spiro atoms. The maximum Gasteiger partial charge on any atom is 0.252 e. The highest BCUT2D eigenvalue weighted by Crippen LogP contribution is 2.52. The maximum absolute atomic E-state index is 13.9. The molecular weight excluding hydrogens is 470 g/mol. The van der Waals surface area contributed by atoms with Crippen molar-refractivity contribution in [3.05, 3.63) is 52.1 Å². The molecule has 2 unspecified atom stereocenters. The largest absolute Gasteiger partial charge is 0.507 e. The summed E-state index contributed by atoms with van der Waals surface area (Å²) < 4.78 is 0. The maximum atomic E-state index is 13.9. The number of aromatic hydroxyl groups is 1. The van der Waals surface area contributed by atoms with Gasteiger partial charge in [0.25, 0.3) is 5.91 Å². The minimum atomic E-state index is -1.10. The van der Waals surface area contributed by atoms with Gasteiger partial charge in [0.1, 0.15) is 11.5 Å². The van der Waals surface area contributed by atoms with Crippen LogP contribution in [0.3, 0.4) is 0 Å². The number of hydrogen-bond acceptors (Lipinski definition) is 7. The zero-order valence-corrected chi connectivity index (χ0v) is 22.4. The molecule has 1 amide bonds. The fourth-order valence-corrected chi connectivity index (χ4v) is 6.51. The second-order valence-electron chi connectivity index (χ2n) is 10.8. The number of likely N-dealkylation sites (N-methyl/N-ethyl adjacent to an activating group) is 1. The zero-order valence-electron chi connectivity index (χ0n) is 22.4. The smallest absolute Gasteiger partial charge is 0.252 e. The van der Waals surface area contributed by atoms with E-state index in [1.165, 1.54) is 0 Å². The van der Waals surface area contributed by atoms with E-state index in [1.54, 1.807) is 6.08 Å². The number of aliphatic hydroxyl groups is 1. The van der Waals surface area contributed by atoms with Gasteiger partial charge in [-0.3, -0.25) is 14.4 Å². The third kappa shape index (κ3) is 4.17. The molecule has 0 aromatic heterocycles. The number of nitrogens with zero attached hydrogens (tertiary/aromatic N) is 2. The van der Waals surface area contributed by atoms with Crippen LogP contribution in [0.4, 0.5) is 5.69 Å². The van der Waals surface area contributed by atoms with Crippen molar-refractivity contribution in [3.63, 3.8) is 0 Å². The molecule has 0 aliphatic heterocycles. The van der Waals surface area contributed by atoms with Crippen molar-refractivity contribution in [2.45, 2.75) is 45.1 Å². The minimum absolute atomic E-state index is 0.0391. The van der Waals surface area contributed by atoms with Crippen LogP contribution >= 0.6 is 0 Å². The Bertz CT molecular complexity index is 1260. The van der Waals surface area contributed by atoms with Gasteiger partial charge in [0, 0.05) is 42.9 Å². The second-order valence-corrected chi connectivity index (χ2v) is 10.8. The van der Waals surface area contributed by atoms with Crippen LogP contribution in [0.2, 0.25) is 0 Å². The van der Waals surface area contributed by atoms with Gasteiger partial charge in [0.05, 0.1) is 17.1 Å². The second kappa shape index (κ2) is 9.82. The summed E-state index contributed by atoms with van der Waals surface area (Å²) in [6.07, 6.45) is 7.20. The van der Waals surface area contributed by atoms with E-state index in [9.17, 15) is 24.6 Å². The molecule has 198 valence electrons. The molecule has 8 nitrogen and oxygen atoms in total. The molecule has 4 N–H and O–H groups in total. The van der Waals surface area contributed by atoms with Crippen molar-refractivity contribution in [2.75, 3.05) is 33.1 Å². The van der Waals surface area contributed by atoms with Gasteiger partial charge in [-0.05, 0) is 63.7 Å². The number of nitrogens with two attached hydrogens (primary N) is 1. The number of anilines is 1. The Labute approximate surface area is 218 Å². The van der Waals surface area contributed by atoms with Gasteiger partial charge in [-0.15, -0.1) is 0 Å². The first-order valence-corrected chi connectivity index (χ1v) is 12.8. The Morgan fingerprint density at radius 1 is 1.19 bits per heavy atom. The molecule has 3 aliphatic rings. The molecule has 4 rings (SSSR count). The fourth-order valence-electron chi connectivity index (χ4n) is 6.51. The average Bonchev–Trinajstić information content (AvgIpc) is 2.82. The van der Waals surface area contributed by atoms with Crippen LogP contribution in [-0.4, -0.2) is 66.8 Å². The minimum Gasteiger partial charge on any atom is -0.507 e. The normalized spacial score (nSPS) is 26.1. The number of primary amides is 1. The number of ketones is 2. The third-order valence-corrected chi connectivity index (χ3v) is 8.23. The number of amides is 1. The van der Waals surface area contributed by atoms with Crippen molar-refractivity contribution in [1.82, 2.24) is 4.90 Å². The first-order valence-electron chi connectivity index (χ1n) is 12.8. The van der Waals surface area contributed by atoms with Gasteiger partial charge in [-0.25, -0.2) is 0 Å². The summed E-state index contributed by atoms with van der Waals surface area (Å²) >= 11 is 0. The van der Waals surface area contributed by atoms with E-state index >= 15 is 0 Å². The highest BCUT2D eigenvalue weighted by atomic mass is 16.3. The molecule has 0 heterocycles. The van der Waals surface area contributed by atoms with Crippen molar-refractivity contribution < 1.29 is 24.6 Å². The number of phenolic OH excluding ortho intramolecular Hbond substituents is 1. The number of allylic oxidation sites excluding steroid dienone is 3. The van der Waals surface area contributed by atoms with Crippen LogP contribution < -0.4 is 10.6 Å². The van der Waals surface area contributed by atoms with Gasteiger partial charge in [-0.1, -0.05) is 25.2 Å². The molecule has 5 atom stereocenters. The lowest BCUT2D eigenvalue weighted by Crippen LogP contribution is -2.53. The van der Waals surface area contributed by atoms with Crippen LogP contribution in [0, 0.1) is 17.8 Å². The predicted octanol–water partition coefficient (Wildman–Crippen LogP) is 3.10. The Hall–Kier alpha value is -3.39. The van der Waals surface area contributed by atoms with Crippen LogP contribution in [0.1, 0.15) is 49.3 Å². The van der Waals surface area contributed by atoms with E-state index in [-0.39, 0.29) is 52.0 Å². The van der Waals surface area contributed by atoms with E-state index in [2.05, 4.69) is 0 Å². The number of benzene rings is 1. The molecule has 8 heteroatoms. The molecule has 1 aromatic carbocycles. The number of hydrogen-bond donors (Lipinski definition) is 3. The van der Waals surface area contributed by atoms with E-state index in [4.69, 9.17) is 5.73 Å². The van der Waals surface area contributed by atoms with Gasteiger partial charge in [0.2, 0.25) is 0 Å². The lowest BCUT2D eigenvalue weighted by molar-refractivity contribution is -0.135. The van der Waals surface area contributed by atoms with Crippen molar-refractivity contribution in [3.8, 4) is 5.75 Å². The van der Waals surface area contributed by atoms with E-state index < -0.39 is 23.4 Å². The third-order valence-electron chi connectivity index (χ3n) is 8.23. The average molecular weight is 508 g/mol. The molecule has 0 saturated heterocycles. The van der Waals surface area contributed by atoms with E-state index in [0.717, 1.165) is 17.7 Å². The van der Waals surface area contributed by atoms with Gasteiger partial charge in [-0.2, -0.15) is 0 Å². The van der Waals surface area contributed by atoms with Crippen molar-refractivity contribution in [1.29, 1.82) is 0 Å². The fraction of sp³-hybridized carbons (Fsp3) is 0.483. The Kier molecular flexibility index (Phi) is 7.08. The number of fused-ring (bicyclic) bond motifs is 3. The van der Waals surface area contributed by atoms with Gasteiger partial charge in [0.15, 0.2) is 11.6 Å². The molecule has 37 heavy (non-hydrogen) atoms. The molecule has 1 aromatic rings. The highest BCUT2D eigenvalue weighted by molar-refractivity contribution is 6.28. The first-order chi connectivity index (χ1) is 17.4. The molecule has 0 radical (unpaired) electrons. The standard InChI is InChI=1S/C29H37N3O5/c1-7-9-14(8-2)16-12-20(31(3)4)17-10-15-11-18-21(32(5)6)13-19(29(30)37)26(34)24(18)28(36)22(15)27(35)23(17)25(16)33/h7,9,12-15,18,21,24,33,35H,8,10-11H2,1-6H3,(H2,30,37)/b9-7-/t14?,15-,18-,21+,24?/m0/s1. The van der Waals surface area contributed by atoms with Crippen molar-refractivity contribution >= 4 is 28.9 Å². The number of aliphatic hydroxyl groups excluding tert-OH is 1. The summed E-state index contributed by atoms with van der Waals surface area (Å²) in [5, 5.41) is 23.0. The van der Waals surface area contributed by atoms with Gasteiger partial charge >= 0.3 is 0 Å². The number of Topliss-reactive ketones (excluding diaryl/α,β-unsaturated/α-hetero) is 2. The van der Waals surface area contributed by atoms with E-state index in [0.29, 0.717) is 18.4 Å². The lowest BCUT2D eigenvalue weighted by atomic mass is 9.60. The first kappa shape index (κ1) is 26.7. The number of carbonyl (C=O) groups is 3. The van der Waals surface area contributed by atoms with Crippen LogP contribution in [0.5, 0.6) is 5.75 Å². The summed E-state index contributed by atoms with van der Waals surface area (Å²) in [6, 6.07) is 1.65. The van der Waals surface area contributed by atoms with Crippen LogP contribution in [-0.2, 0) is 20.8 Å². The lowest BCUT2D eigenvalue weighted by Gasteiger charge is -2.45. The number of rotatable bonds is 6. The highest BCUT2D eigenvalue weighted by Gasteiger charge is 2.53. The quantitative estimate of drug-likeness (QED) is 0.307. The van der Waals surface area contributed by atoms with Crippen molar-refractivity contribution in [2.24, 2.45) is 23.5 Å². The summed E-state index contributed by atoms with van der Waals surface area (Å²) in [4.78, 5) is 43.1.